The van der Waals surface area contributed by atoms with Gasteiger partial charge in [0.15, 0.2) is 0 Å². The van der Waals surface area contributed by atoms with Crippen molar-refractivity contribution in [2.45, 2.75) is 38.1 Å². The largest absolute Gasteiger partial charge is 0.424 e. The molecule has 1 N–H and O–H groups in total. The zero-order chi connectivity index (χ0) is 19.2. The first-order valence-corrected chi connectivity index (χ1v) is 9.74. The number of para-hydroxylation sites is 1. The van der Waals surface area contributed by atoms with Gasteiger partial charge in [0.25, 0.3) is 5.91 Å². The molecule has 2 aromatic carbocycles. The van der Waals surface area contributed by atoms with Crippen molar-refractivity contribution >= 4 is 5.91 Å². The lowest BCUT2D eigenvalue weighted by Gasteiger charge is -2.22. The van der Waals surface area contributed by atoms with E-state index in [1.807, 2.05) is 54.6 Å². The first-order chi connectivity index (χ1) is 13.8. The summed E-state index contributed by atoms with van der Waals surface area (Å²) in [7, 11) is 0. The van der Waals surface area contributed by atoms with Crippen molar-refractivity contribution in [1.82, 2.24) is 15.3 Å². The van der Waals surface area contributed by atoms with E-state index >= 15 is 0 Å². The van der Waals surface area contributed by atoms with E-state index in [4.69, 9.17) is 4.74 Å². The molecule has 1 aromatic heterocycles. The lowest BCUT2D eigenvalue weighted by Crippen LogP contribution is -2.36. The molecular formula is C23H23N3O2. The van der Waals surface area contributed by atoms with Gasteiger partial charge in [0.1, 0.15) is 5.75 Å². The molecule has 0 unspecified atom stereocenters. The van der Waals surface area contributed by atoms with Gasteiger partial charge >= 0.3 is 6.01 Å². The minimum atomic E-state index is -0.0151. The Kier molecular flexibility index (Phi) is 5.61. The number of carbonyl (C=O) groups excluding carboxylic acids is 1. The molecular weight excluding hydrogens is 350 g/mol. The third kappa shape index (κ3) is 4.55. The van der Waals surface area contributed by atoms with Crippen molar-refractivity contribution in [3.8, 4) is 22.9 Å². The molecule has 0 saturated heterocycles. The first kappa shape index (κ1) is 18.2. The SMILES string of the molecule is O=C(NC1CCCCC1)c1cccc(-c2cnc(Oc3ccccc3)nc2)c1. The monoisotopic (exact) mass is 373 g/mol. The summed E-state index contributed by atoms with van der Waals surface area (Å²) in [6.07, 6.45) is 9.22. The van der Waals surface area contributed by atoms with Gasteiger partial charge in [0.2, 0.25) is 0 Å². The number of aromatic nitrogens is 2. The predicted molar refractivity (Wildman–Crippen MR) is 108 cm³/mol. The van der Waals surface area contributed by atoms with E-state index in [2.05, 4.69) is 15.3 Å². The number of nitrogens with one attached hydrogen (secondary N) is 1. The number of amides is 1. The Morgan fingerprint density at radius 1 is 0.893 bits per heavy atom. The zero-order valence-electron chi connectivity index (χ0n) is 15.7. The molecule has 0 atom stereocenters. The number of hydrogen-bond donors (Lipinski definition) is 1. The van der Waals surface area contributed by atoms with E-state index in [1.165, 1.54) is 19.3 Å². The van der Waals surface area contributed by atoms with Crippen molar-refractivity contribution in [1.29, 1.82) is 0 Å². The number of ether oxygens (including phenoxy) is 1. The summed E-state index contributed by atoms with van der Waals surface area (Å²) in [5, 5.41) is 3.16. The highest BCUT2D eigenvalue weighted by Crippen LogP contribution is 2.23. The summed E-state index contributed by atoms with van der Waals surface area (Å²) in [4.78, 5) is 21.2. The van der Waals surface area contributed by atoms with Gasteiger partial charge < -0.3 is 10.1 Å². The fourth-order valence-electron chi connectivity index (χ4n) is 3.47. The van der Waals surface area contributed by atoms with E-state index < -0.39 is 0 Å². The van der Waals surface area contributed by atoms with Crippen LogP contribution in [0.15, 0.2) is 67.0 Å². The van der Waals surface area contributed by atoms with Gasteiger partial charge in [-0.3, -0.25) is 4.79 Å². The highest BCUT2D eigenvalue weighted by Gasteiger charge is 2.17. The molecule has 0 radical (unpaired) electrons. The maximum absolute atomic E-state index is 12.6. The molecule has 28 heavy (non-hydrogen) atoms. The Morgan fingerprint density at radius 2 is 1.64 bits per heavy atom. The minimum absolute atomic E-state index is 0.0151. The average Bonchev–Trinajstić information content (AvgIpc) is 2.76. The summed E-state index contributed by atoms with van der Waals surface area (Å²) in [6.45, 7) is 0. The standard InChI is InChI=1S/C23H23N3O2/c27-22(26-20-10-3-1-4-11-20)18-9-7-8-17(14-18)19-15-24-23(25-16-19)28-21-12-5-2-6-13-21/h2,5-9,12-16,20H,1,3-4,10-11H2,(H,26,27). The second-order valence-corrected chi connectivity index (χ2v) is 7.06. The second-order valence-electron chi connectivity index (χ2n) is 7.06. The van der Waals surface area contributed by atoms with Crippen molar-refractivity contribution in [2.24, 2.45) is 0 Å². The summed E-state index contributed by atoms with van der Waals surface area (Å²) < 4.78 is 5.63. The van der Waals surface area contributed by atoms with Gasteiger partial charge in [-0.15, -0.1) is 0 Å². The van der Waals surface area contributed by atoms with Crippen LogP contribution in [0, 0.1) is 0 Å². The molecule has 0 bridgehead atoms. The summed E-state index contributed by atoms with van der Waals surface area (Å²) in [5.41, 5.74) is 2.41. The third-order valence-electron chi connectivity index (χ3n) is 4.98. The number of hydrogen-bond acceptors (Lipinski definition) is 4. The fraction of sp³-hybridized carbons (Fsp3) is 0.261. The van der Waals surface area contributed by atoms with Gasteiger partial charge in [-0.25, -0.2) is 9.97 Å². The maximum atomic E-state index is 12.6. The lowest BCUT2D eigenvalue weighted by atomic mass is 9.95. The van der Waals surface area contributed by atoms with Gasteiger partial charge in [0, 0.05) is 29.6 Å². The lowest BCUT2D eigenvalue weighted by molar-refractivity contribution is 0.0927. The smallest absolute Gasteiger partial charge is 0.321 e. The highest BCUT2D eigenvalue weighted by molar-refractivity contribution is 5.95. The fourth-order valence-corrected chi connectivity index (χ4v) is 3.47. The molecule has 3 aromatic rings. The quantitative estimate of drug-likeness (QED) is 0.684. The van der Waals surface area contributed by atoms with Crippen LogP contribution in [-0.2, 0) is 0 Å². The van der Waals surface area contributed by atoms with E-state index in [-0.39, 0.29) is 5.91 Å². The van der Waals surface area contributed by atoms with Crippen LogP contribution in [-0.4, -0.2) is 21.9 Å². The van der Waals surface area contributed by atoms with E-state index in [0.717, 1.165) is 24.0 Å². The number of carbonyl (C=O) groups is 1. The molecule has 1 saturated carbocycles. The number of nitrogens with zero attached hydrogens (tertiary/aromatic N) is 2. The van der Waals surface area contributed by atoms with Crippen LogP contribution < -0.4 is 10.1 Å². The van der Waals surface area contributed by atoms with Crippen molar-refractivity contribution in [3.05, 3.63) is 72.6 Å². The Balaban J connectivity index is 1.45. The van der Waals surface area contributed by atoms with Crippen LogP contribution in [0.3, 0.4) is 0 Å². The number of rotatable bonds is 5. The molecule has 0 spiro atoms. The minimum Gasteiger partial charge on any atom is -0.424 e. The normalized spacial score (nSPS) is 14.4. The molecule has 1 fully saturated rings. The molecule has 5 heteroatoms. The zero-order valence-corrected chi connectivity index (χ0v) is 15.7. The average molecular weight is 373 g/mol. The molecule has 0 aliphatic heterocycles. The Bertz CT molecular complexity index is 920. The molecule has 1 aliphatic rings. The Hall–Kier alpha value is -3.21. The van der Waals surface area contributed by atoms with Gasteiger partial charge in [-0.2, -0.15) is 0 Å². The second kappa shape index (κ2) is 8.65. The molecule has 5 nitrogen and oxygen atoms in total. The molecule has 1 heterocycles. The molecule has 4 rings (SSSR count). The van der Waals surface area contributed by atoms with Gasteiger partial charge in [0.05, 0.1) is 0 Å². The van der Waals surface area contributed by atoms with E-state index in [0.29, 0.717) is 23.4 Å². The topological polar surface area (TPSA) is 64.1 Å². The van der Waals surface area contributed by atoms with Crippen LogP contribution in [0.4, 0.5) is 0 Å². The maximum Gasteiger partial charge on any atom is 0.321 e. The van der Waals surface area contributed by atoms with Gasteiger partial charge in [-0.1, -0.05) is 49.6 Å². The predicted octanol–water partition coefficient (Wildman–Crippen LogP) is 5.00. The van der Waals surface area contributed by atoms with Crippen LogP contribution in [0.25, 0.3) is 11.1 Å². The summed E-state index contributed by atoms with van der Waals surface area (Å²) >= 11 is 0. The third-order valence-corrected chi connectivity index (χ3v) is 4.98. The first-order valence-electron chi connectivity index (χ1n) is 9.74. The number of benzene rings is 2. The van der Waals surface area contributed by atoms with Crippen molar-refractivity contribution in [3.63, 3.8) is 0 Å². The molecule has 1 amide bonds. The van der Waals surface area contributed by atoms with Crippen LogP contribution in [0.2, 0.25) is 0 Å². The molecule has 142 valence electrons. The Labute approximate surface area is 164 Å². The van der Waals surface area contributed by atoms with E-state index in [9.17, 15) is 4.79 Å². The summed E-state index contributed by atoms with van der Waals surface area (Å²) in [5.74, 6) is 0.676. The highest BCUT2D eigenvalue weighted by atomic mass is 16.5. The van der Waals surface area contributed by atoms with Crippen LogP contribution in [0.1, 0.15) is 42.5 Å². The summed E-state index contributed by atoms with van der Waals surface area (Å²) in [6, 6.07) is 17.6. The molecule has 1 aliphatic carbocycles. The Morgan fingerprint density at radius 3 is 2.39 bits per heavy atom. The van der Waals surface area contributed by atoms with Crippen molar-refractivity contribution in [2.75, 3.05) is 0 Å². The van der Waals surface area contributed by atoms with Gasteiger partial charge in [-0.05, 0) is 42.7 Å². The van der Waals surface area contributed by atoms with Crippen molar-refractivity contribution < 1.29 is 9.53 Å². The van der Waals surface area contributed by atoms with Crippen LogP contribution >= 0.6 is 0 Å². The van der Waals surface area contributed by atoms with Crippen LogP contribution in [0.5, 0.6) is 11.8 Å². The van der Waals surface area contributed by atoms with E-state index in [1.54, 1.807) is 12.4 Å².